The smallest absolute Gasteiger partial charge is 0.0348 e. The van der Waals surface area contributed by atoms with Gasteiger partial charge in [-0.3, -0.25) is 0 Å². The summed E-state index contributed by atoms with van der Waals surface area (Å²) < 4.78 is 1.32. The molecule has 0 aliphatic heterocycles. The first-order chi connectivity index (χ1) is 8.70. The first-order valence-electron chi connectivity index (χ1n) is 7.19. The van der Waals surface area contributed by atoms with Gasteiger partial charge >= 0.3 is 0 Å². The van der Waals surface area contributed by atoms with E-state index in [0.29, 0.717) is 6.04 Å². The Hall–Kier alpha value is -0.0900. The van der Waals surface area contributed by atoms with Gasteiger partial charge < -0.3 is 5.32 Å². The van der Waals surface area contributed by atoms with Crippen molar-refractivity contribution in [2.75, 3.05) is 6.54 Å². The van der Waals surface area contributed by atoms with Gasteiger partial charge in [-0.1, -0.05) is 38.8 Å². The first-order valence-corrected chi connectivity index (χ1v) is 8.27. The van der Waals surface area contributed by atoms with Crippen LogP contribution in [0.15, 0.2) is 24.3 Å². The van der Waals surface area contributed by atoms with Crippen molar-refractivity contribution in [2.24, 2.45) is 11.8 Å². The average Bonchev–Trinajstić information content (AvgIpc) is 2.37. The summed E-state index contributed by atoms with van der Waals surface area (Å²) >= 11 is 2.38. The van der Waals surface area contributed by atoms with Crippen molar-refractivity contribution in [3.8, 4) is 0 Å². The number of nitrogens with one attached hydrogen (secondary N) is 1. The number of benzene rings is 1. The molecule has 1 N–H and O–H groups in total. The number of hydrogen-bond acceptors (Lipinski definition) is 1. The molecule has 0 heterocycles. The summed E-state index contributed by atoms with van der Waals surface area (Å²) in [5.41, 5.74) is 1.47. The number of rotatable bonds is 4. The largest absolute Gasteiger partial charge is 0.310 e. The maximum atomic E-state index is 3.71. The van der Waals surface area contributed by atoms with Gasteiger partial charge in [0, 0.05) is 9.61 Å². The molecule has 1 aliphatic carbocycles. The minimum atomic E-state index is 0.551. The molecule has 0 saturated heterocycles. The van der Waals surface area contributed by atoms with Gasteiger partial charge in [0.25, 0.3) is 0 Å². The molecule has 0 aromatic heterocycles. The lowest BCUT2D eigenvalue weighted by Crippen LogP contribution is -2.31. The zero-order valence-electron chi connectivity index (χ0n) is 11.5. The predicted molar refractivity (Wildman–Crippen MR) is 86.7 cm³/mol. The summed E-state index contributed by atoms with van der Waals surface area (Å²) in [6, 6.07) is 9.61. The SMILES string of the molecule is CCNC(c1ccc(I)cc1)C1CCCC(C)C1. The van der Waals surface area contributed by atoms with E-state index in [0.717, 1.165) is 18.4 Å². The van der Waals surface area contributed by atoms with Crippen molar-refractivity contribution in [3.63, 3.8) is 0 Å². The number of halogens is 1. The van der Waals surface area contributed by atoms with E-state index in [9.17, 15) is 0 Å². The monoisotopic (exact) mass is 357 g/mol. The van der Waals surface area contributed by atoms with Crippen LogP contribution >= 0.6 is 22.6 Å². The molecule has 1 aromatic carbocycles. The van der Waals surface area contributed by atoms with Gasteiger partial charge in [-0.2, -0.15) is 0 Å². The average molecular weight is 357 g/mol. The fourth-order valence-corrected chi connectivity index (χ4v) is 3.59. The van der Waals surface area contributed by atoms with E-state index >= 15 is 0 Å². The molecule has 0 amide bonds. The van der Waals surface area contributed by atoms with Gasteiger partial charge in [0.05, 0.1) is 0 Å². The fraction of sp³-hybridized carbons (Fsp3) is 0.625. The molecular weight excluding hydrogens is 333 g/mol. The van der Waals surface area contributed by atoms with Crippen LogP contribution in [0.5, 0.6) is 0 Å². The molecule has 3 atom stereocenters. The van der Waals surface area contributed by atoms with Crippen molar-refractivity contribution < 1.29 is 0 Å². The Labute approximate surface area is 125 Å². The Bertz CT molecular complexity index is 360. The highest BCUT2D eigenvalue weighted by molar-refractivity contribution is 14.1. The molecule has 1 nitrogen and oxygen atoms in total. The first kappa shape index (κ1) is 14.3. The van der Waals surface area contributed by atoms with E-state index in [2.05, 4.69) is 66.0 Å². The summed E-state index contributed by atoms with van der Waals surface area (Å²) in [5.74, 6) is 1.71. The Morgan fingerprint density at radius 2 is 2.00 bits per heavy atom. The summed E-state index contributed by atoms with van der Waals surface area (Å²) in [6.45, 7) is 5.68. The molecule has 1 saturated carbocycles. The van der Waals surface area contributed by atoms with Crippen molar-refractivity contribution >= 4 is 22.6 Å². The van der Waals surface area contributed by atoms with E-state index in [1.165, 1.54) is 34.8 Å². The standard InChI is InChI=1S/C16H24IN/c1-3-18-16(13-7-9-15(17)10-8-13)14-6-4-5-12(2)11-14/h7-10,12,14,16,18H,3-6,11H2,1-2H3. The quantitative estimate of drug-likeness (QED) is 0.766. The molecule has 3 unspecified atom stereocenters. The highest BCUT2D eigenvalue weighted by atomic mass is 127. The molecule has 0 bridgehead atoms. The minimum Gasteiger partial charge on any atom is -0.310 e. The normalized spacial score (nSPS) is 25.9. The topological polar surface area (TPSA) is 12.0 Å². The fourth-order valence-electron chi connectivity index (χ4n) is 3.23. The van der Waals surface area contributed by atoms with Crippen LogP contribution in [0.4, 0.5) is 0 Å². The molecule has 1 fully saturated rings. The second-order valence-corrected chi connectivity index (χ2v) is 6.86. The van der Waals surface area contributed by atoms with Gasteiger partial charge in [0.2, 0.25) is 0 Å². The van der Waals surface area contributed by atoms with Gasteiger partial charge in [-0.05, 0) is 71.5 Å². The second kappa shape index (κ2) is 6.90. The Balaban J connectivity index is 2.13. The summed E-state index contributed by atoms with van der Waals surface area (Å²) in [7, 11) is 0. The van der Waals surface area contributed by atoms with Gasteiger partial charge in [-0.15, -0.1) is 0 Å². The van der Waals surface area contributed by atoms with Crippen LogP contribution in [0.25, 0.3) is 0 Å². The van der Waals surface area contributed by atoms with Crippen LogP contribution < -0.4 is 5.32 Å². The lowest BCUT2D eigenvalue weighted by Gasteiger charge is -2.34. The van der Waals surface area contributed by atoms with E-state index < -0.39 is 0 Å². The Morgan fingerprint density at radius 1 is 1.28 bits per heavy atom. The van der Waals surface area contributed by atoms with Crippen LogP contribution in [0.1, 0.15) is 51.1 Å². The lowest BCUT2D eigenvalue weighted by atomic mass is 9.76. The van der Waals surface area contributed by atoms with Crippen molar-refractivity contribution in [1.82, 2.24) is 5.32 Å². The Morgan fingerprint density at radius 3 is 2.61 bits per heavy atom. The van der Waals surface area contributed by atoms with Gasteiger partial charge in [-0.25, -0.2) is 0 Å². The summed E-state index contributed by atoms with van der Waals surface area (Å²) in [5, 5.41) is 3.71. The van der Waals surface area contributed by atoms with Gasteiger partial charge in [0.1, 0.15) is 0 Å². The van der Waals surface area contributed by atoms with E-state index in [4.69, 9.17) is 0 Å². The second-order valence-electron chi connectivity index (χ2n) is 5.62. The summed E-state index contributed by atoms with van der Waals surface area (Å²) in [6.07, 6.45) is 5.58. The van der Waals surface area contributed by atoms with Crippen molar-refractivity contribution in [3.05, 3.63) is 33.4 Å². The number of hydrogen-bond donors (Lipinski definition) is 1. The third kappa shape index (κ3) is 3.70. The van der Waals surface area contributed by atoms with Crippen LogP contribution in [-0.4, -0.2) is 6.54 Å². The maximum absolute atomic E-state index is 3.71. The third-order valence-corrected chi connectivity index (χ3v) is 4.82. The maximum Gasteiger partial charge on any atom is 0.0348 e. The van der Waals surface area contributed by atoms with E-state index in [-0.39, 0.29) is 0 Å². The molecule has 0 spiro atoms. The zero-order chi connectivity index (χ0) is 13.0. The molecule has 0 radical (unpaired) electrons. The highest BCUT2D eigenvalue weighted by Crippen LogP contribution is 2.37. The van der Waals surface area contributed by atoms with Crippen LogP contribution in [0.2, 0.25) is 0 Å². The highest BCUT2D eigenvalue weighted by Gasteiger charge is 2.27. The van der Waals surface area contributed by atoms with Crippen LogP contribution in [-0.2, 0) is 0 Å². The molecule has 2 rings (SSSR count). The molecular formula is C16H24IN. The van der Waals surface area contributed by atoms with Crippen LogP contribution in [0.3, 0.4) is 0 Å². The summed E-state index contributed by atoms with van der Waals surface area (Å²) in [4.78, 5) is 0. The van der Waals surface area contributed by atoms with E-state index in [1.807, 2.05) is 0 Å². The molecule has 2 heteroatoms. The third-order valence-electron chi connectivity index (χ3n) is 4.10. The lowest BCUT2D eigenvalue weighted by molar-refractivity contribution is 0.225. The van der Waals surface area contributed by atoms with Crippen molar-refractivity contribution in [2.45, 2.75) is 45.6 Å². The predicted octanol–water partition coefficient (Wildman–Crippen LogP) is 4.77. The molecule has 1 aliphatic rings. The van der Waals surface area contributed by atoms with Crippen molar-refractivity contribution in [1.29, 1.82) is 0 Å². The van der Waals surface area contributed by atoms with Crippen LogP contribution in [0, 0.1) is 15.4 Å². The minimum absolute atomic E-state index is 0.551. The Kier molecular flexibility index (Phi) is 5.49. The molecule has 18 heavy (non-hydrogen) atoms. The van der Waals surface area contributed by atoms with E-state index in [1.54, 1.807) is 0 Å². The molecule has 1 aromatic rings. The zero-order valence-corrected chi connectivity index (χ0v) is 13.6. The molecule has 100 valence electrons. The van der Waals surface area contributed by atoms with Gasteiger partial charge in [0.15, 0.2) is 0 Å².